The number of hydrogen-bond donors (Lipinski definition) is 1. The number of nitrogens with zero attached hydrogens (tertiary/aromatic N) is 2. The molecular formula is C37H52N2O3. The number of benzene rings is 2. The highest BCUT2D eigenvalue weighted by atomic mass is 16.5. The predicted molar refractivity (Wildman–Crippen MR) is 171 cm³/mol. The van der Waals surface area contributed by atoms with Gasteiger partial charge in [0, 0.05) is 41.2 Å². The van der Waals surface area contributed by atoms with E-state index in [-0.39, 0.29) is 11.5 Å². The van der Waals surface area contributed by atoms with Crippen LogP contribution in [-0.2, 0) is 18.3 Å². The molecule has 42 heavy (non-hydrogen) atoms. The molecule has 5 atom stereocenters. The van der Waals surface area contributed by atoms with E-state index in [1.54, 1.807) is 13.2 Å². The van der Waals surface area contributed by atoms with Gasteiger partial charge in [-0.25, -0.2) is 0 Å². The summed E-state index contributed by atoms with van der Waals surface area (Å²) in [6.45, 7) is 10.7. The van der Waals surface area contributed by atoms with E-state index >= 15 is 0 Å². The lowest BCUT2D eigenvalue weighted by Crippen LogP contribution is -2.68. The summed E-state index contributed by atoms with van der Waals surface area (Å²) in [5, 5.41) is 11.3. The Morgan fingerprint density at radius 1 is 1.10 bits per heavy atom. The largest absolute Gasteiger partial charge is 0.508 e. The molecule has 2 aromatic rings. The van der Waals surface area contributed by atoms with E-state index < -0.39 is 0 Å². The lowest BCUT2D eigenvalue weighted by molar-refractivity contribution is -0.0867. The number of piperidine rings is 1. The first-order valence-electron chi connectivity index (χ1n) is 16.8. The zero-order valence-corrected chi connectivity index (χ0v) is 26.0. The molecule has 0 radical (unpaired) electrons. The maximum Gasteiger partial charge on any atom is 0.166 e. The van der Waals surface area contributed by atoms with Crippen LogP contribution in [0.2, 0.25) is 0 Å². The van der Waals surface area contributed by atoms with Gasteiger partial charge in [0.2, 0.25) is 0 Å². The van der Waals surface area contributed by atoms with Crippen LogP contribution in [0.15, 0.2) is 49.1 Å². The summed E-state index contributed by atoms with van der Waals surface area (Å²) in [6.07, 6.45) is 16.6. The molecule has 0 aromatic heterocycles. The molecule has 4 aliphatic rings. The minimum absolute atomic E-state index is 0.0428. The normalized spacial score (nSPS) is 27.5. The number of phenols is 1. The van der Waals surface area contributed by atoms with Crippen LogP contribution in [0.1, 0.15) is 87.8 Å². The minimum Gasteiger partial charge on any atom is -0.508 e. The zero-order chi connectivity index (χ0) is 29.1. The molecule has 0 unspecified atom stereocenters. The van der Waals surface area contributed by atoms with E-state index in [1.165, 1.54) is 75.3 Å². The second-order valence-corrected chi connectivity index (χ2v) is 13.3. The SMILES string of the molecule is C=CCN1CC[C@]23c4c5c(O)cc(OC)c4O[C@H]2[C@H](N(CCCCC)CCCCCCc2ccccc2)CC[C@H]3[C@H]1C5. The summed E-state index contributed by atoms with van der Waals surface area (Å²) in [4.78, 5) is 5.44. The Morgan fingerprint density at radius 3 is 2.64 bits per heavy atom. The van der Waals surface area contributed by atoms with E-state index in [0.29, 0.717) is 29.5 Å². The van der Waals surface area contributed by atoms with Crippen LogP contribution < -0.4 is 9.47 Å². The molecular weight excluding hydrogens is 520 g/mol. The molecule has 228 valence electrons. The van der Waals surface area contributed by atoms with Crippen LogP contribution >= 0.6 is 0 Å². The highest BCUT2D eigenvalue weighted by molar-refractivity contribution is 5.65. The van der Waals surface area contributed by atoms with Gasteiger partial charge in [0.25, 0.3) is 0 Å². The first-order chi connectivity index (χ1) is 20.6. The standard InChI is InChI=1S/C37H52N2O3/c1-4-6-13-22-39(23-14-8-7-10-15-27-16-11-9-12-17-27)30-19-18-29-31-25-28-32(40)26-33(41-3)35-34(28)37(29,36(30)42-35)20-24-38(31)21-5-2/h5,9,11-12,16-17,26,29-31,36,40H,2,4,6-8,10,13-15,18-25H2,1,3H3/t29-,30+,31+,36-,37-/m0/s1. The average Bonchev–Trinajstić information content (AvgIpc) is 3.35. The molecule has 2 aliphatic heterocycles. The van der Waals surface area contributed by atoms with Crippen molar-refractivity contribution < 1.29 is 14.6 Å². The Bertz CT molecular complexity index is 1220. The van der Waals surface area contributed by atoms with Gasteiger partial charge in [-0.2, -0.15) is 0 Å². The molecule has 5 heteroatoms. The fourth-order valence-corrected chi connectivity index (χ4v) is 9.22. The number of ether oxygens (including phenoxy) is 2. The van der Waals surface area contributed by atoms with Gasteiger partial charge in [-0.15, -0.1) is 6.58 Å². The van der Waals surface area contributed by atoms with E-state index in [9.17, 15) is 5.11 Å². The summed E-state index contributed by atoms with van der Waals surface area (Å²) >= 11 is 0. The van der Waals surface area contributed by atoms with Crippen LogP contribution in [0.25, 0.3) is 0 Å². The van der Waals surface area contributed by atoms with Gasteiger partial charge in [0.1, 0.15) is 11.9 Å². The molecule has 5 nitrogen and oxygen atoms in total. The van der Waals surface area contributed by atoms with Crippen molar-refractivity contribution in [3.63, 3.8) is 0 Å². The highest BCUT2D eigenvalue weighted by Crippen LogP contribution is 2.65. The first kappa shape index (κ1) is 29.6. The Labute approximate surface area is 253 Å². The van der Waals surface area contributed by atoms with Gasteiger partial charge < -0.3 is 14.6 Å². The minimum atomic E-state index is -0.0428. The van der Waals surface area contributed by atoms with Crippen molar-refractivity contribution in [3.8, 4) is 17.2 Å². The van der Waals surface area contributed by atoms with Gasteiger partial charge >= 0.3 is 0 Å². The van der Waals surface area contributed by atoms with Crippen LogP contribution in [0.4, 0.5) is 0 Å². The van der Waals surface area contributed by atoms with Crippen molar-refractivity contribution in [2.75, 3.05) is 33.3 Å². The maximum atomic E-state index is 11.3. The quantitative estimate of drug-likeness (QED) is 0.179. The van der Waals surface area contributed by atoms with Crippen molar-refractivity contribution in [1.82, 2.24) is 9.80 Å². The molecule has 1 N–H and O–H groups in total. The number of unbranched alkanes of at least 4 members (excludes halogenated alkanes) is 5. The monoisotopic (exact) mass is 572 g/mol. The molecule has 2 heterocycles. The summed E-state index contributed by atoms with van der Waals surface area (Å²) in [6, 6.07) is 13.6. The van der Waals surface area contributed by atoms with E-state index in [1.807, 2.05) is 0 Å². The second kappa shape index (κ2) is 13.0. The van der Waals surface area contributed by atoms with Gasteiger partial charge in [0.05, 0.1) is 7.11 Å². The number of aromatic hydroxyl groups is 1. The Morgan fingerprint density at radius 2 is 1.88 bits per heavy atom. The fraction of sp³-hybridized carbons (Fsp3) is 0.622. The number of phenolic OH excluding ortho intramolecular Hbond substituents is 1. The predicted octanol–water partition coefficient (Wildman–Crippen LogP) is 7.29. The fourth-order valence-electron chi connectivity index (χ4n) is 9.22. The average molecular weight is 573 g/mol. The third kappa shape index (κ3) is 5.26. The number of rotatable bonds is 15. The maximum absolute atomic E-state index is 11.3. The Hall–Kier alpha value is -2.50. The van der Waals surface area contributed by atoms with Crippen LogP contribution in [0.5, 0.6) is 17.2 Å². The third-order valence-corrected chi connectivity index (χ3v) is 11.1. The zero-order valence-electron chi connectivity index (χ0n) is 26.0. The Balaban J connectivity index is 1.23. The lowest BCUT2D eigenvalue weighted by Gasteiger charge is -2.60. The molecule has 2 aliphatic carbocycles. The molecule has 1 spiro atoms. The van der Waals surface area contributed by atoms with Crippen molar-refractivity contribution in [2.45, 2.75) is 108 Å². The van der Waals surface area contributed by atoms with Gasteiger partial charge in [-0.3, -0.25) is 9.80 Å². The van der Waals surface area contributed by atoms with Crippen LogP contribution in [-0.4, -0.2) is 66.4 Å². The highest BCUT2D eigenvalue weighted by Gasteiger charge is 2.66. The Kier molecular flexibility index (Phi) is 9.16. The first-order valence-corrected chi connectivity index (χ1v) is 16.8. The summed E-state index contributed by atoms with van der Waals surface area (Å²) in [5.41, 5.74) is 3.82. The molecule has 2 bridgehead atoms. The number of likely N-dealkylation sites (tertiary alicyclic amines) is 1. The smallest absolute Gasteiger partial charge is 0.166 e. The van der Waals surface area contributed by atoms with Gasteiger partial charge in [-0.1, -0.05) is 69.0 Å². The van der Waals surface area contributed by atoms with E-state index in [4.69, 9.17) is 9.47 Å². The second-order valence-electron chi connectivity index (χ2n) is 13.3. The molecule has 1 saturated carbocycles. The van der Waals surface area contributed by atoms with Crippen molar-refractivity contribution in [1.29, 1.82) is 0 Å². The van der Waals surface area contributed by atoms with Crippen molar-refractivity contribution in [3.05, 3.63) is 65.7 Å². The van der Waals surface area contributed by atoms with Crippen molar-refractivity contribution >= 4 is 0 Å². The van der Waals surface area contributed by atoms with Gasteiger partial charge in [-0.05, 0) is 82.5 Å². The van der Waals surface area contributed by atoms with Crippen LogP contribution in [0.3, 0.4) is 0 Å². The van der Waals surface area contributed by atoms with Gasteiger partial charge in [0.15, 0.2) is 11.5 Å². The summed E-state index contributed by atoms with van der Waals surface area (Å²) in [5.74, 6) is 2.56. The molecule has 2 fully saturated rings. The number of hydrogen-bond acceptors (Lipinski definition) is 5. The summed E-state index contributed by atoms with van der Waals surface area (Å²) < 4.78 is 13.0. The molecule has 2 aromatic carbocycles. The van der Waals surface area contributed by atoms with Crippen LogP contribution in [0, 0.1) is 5.92 Å². The topological polar surface area (TPSA) is 45.2 Å². The molecule has 0 amide bonds. The van der Waals surface area contributed by atoms with E-state index in [2.05, 4.69) is 59.7 Å². The lowest BCUT2D eigenvalue weighted by atomic mass is 9.50. The number of aryl methyl sites for hydroxylation is 1. The van der Waals surface area contributed by atoms with Crippen molar-refractivity contribution in [2.24, 2.45) is 5.92 Å². The summed E-state index contributed by atoms with van der Waals surface area (Å²) in [7, 11) is 1.71. The van der Waals surface area contributed by atoms with E-state index in [0.717, 1.165) is 50.3 Å². The molecule has 6 rings (SSSR count). The third-order valence-electron chi connectivity index (χ3n) is 11.1. The number of methoxy groups -OCH3 is 1. The molecule has 1 saturated heterocycles.